The maximum Gasteiger partial charge on any atom is 0.433 e. The molecule has 2 amide bonds. The number of rotatable bonds is 4. The van der Waals surface area contributed by atoms with Gasteiger partial charge >= 0.3 is 16.1 Å². The minimum Gasteiger partial charge on any atom is -0.401 e. The van der Waals surface area contributed by atoms with E-state index in [1.807, 2.05) is 0 Å². The van der Waals surface area contributed by atoms with Crippen molar-refractivity contribution in [3.8, 4) is 0 Å². The predicted octanol–water partition coefficient (Wildman–Crippen LogP) is 0.527. The summed E-state index contributed by atoms with van der Waals surface area (Å²) in [6.07, 6.45) is 0.998. The Balaban J connectivity index is 2.52. The molecule has 0 bridgehead atoms. The molecular formula is C12H13N3O7S. The van der Waals surface area contributed by atoms with Crippen LogP contribution in [0.25, 0.3) is 6.08 Å². The lowest BCUT2D eigenvalue weighted by Crippen LogP contribution is -2.56. The summed E-state index contributed by atoms with van der Waals surface area (Å²) in [5.41, 5.74) is -0.437. The van der Waals surface area contributed by atoms with E-state index in [1.165, 1.54) is 19.9 Å². The molecule has 0 atom stereocenters. The standard InChI is InChI=1S/C12H13N3O7S/c1-3-13-11(16)9(12(17)14(4-2)23(13,20)21)7-8-5-6-10(22-8)15(18)19/h5-7H,3-4H2,1-2H3. The summed E-state index contributed by atoms with van der Waals surface area (Å²) in [6.45, 7) is 2.60. The predicted molar refractivity (Wildman–Crippen MR) is 77.0 cm³/mol. The molecule has 11 heteroatoms. The molecule has 0 saturated carbocycles. The van der Waals surface area contributed by atoms with Crippen molar-refractivity contribution >= 4 is 34.0 Å². The minimum absolute atomic E-state index is 0.0974. The van der Waals surface area contributed by atoms with Gasteiger partial charge in [-0.1, -0.05) is 0 Å². The number of hydrogen-bond acceptors (Lipinski definition) is 7. The molecule has 1 aromatic rings. The third-order valence-electron chi connectivity index (χ3n) is 3.12. The molecule has 2 heterocycles. The molecule has 1 fully saturated rings. The third kappa shape index (κ3) is 2.70. The van der Waals surface area contributed by atoms with E-state index in [2.05, 4.69) is 0 Å². The Morgan fingerprint density at radius 2 is 1.70 bits per heavy atom. The van der Waals surface area contributed by atoms with Crippen molar-refractivity contribution < 1.29 is 27.3 Å². The Morgan fingerprint density at radius 1 is 1.17 bits per heavy atom. The smallest absolute Gasteiger partial charge is 0.401 e. The normalized spacial score (nSPS) is 17.6. The molecule has 0 aromatic carbocycles. The Hall–Kier alpha value is -2.69. The first kappa shape index (κ1) is 16.7. The van der Waals surface area contributed by atoms with Gasteiger partial charge in [0.2, 0.25) is 0 Å². The van der Waals surface area contributed by atoms with Gasteiger partial charge in [-0.25, -0.2) is 8.61 Å². The van der Waals surface area contributed by atoms with Crippen LogP contribution in [0.4, 0.5) is 5.88 Å². The van der Waals surface area contributed by atoms with Crippen LogP contribution in [0.3, 0.4) is 0 Å². The fourth-order valence-electron chi connectivity index (χ4n) is 2.09. The van der Waals surface area contributed by atoms with Crippen LogP contribution in [0, 0.1) is 10.1 Å². The van der Waals surface area contributed by atoms with Crippen molar-refractivity contribution in [2.75, 3.05) is 13.1 Å². The summed E-state index contributed by atoms with van der Waals surface area (Å²) in [7, 11) is -4.21. The maximum absolute atomic E-state index is 12.2. The molecule has 1 saturated heterocycles. The summed E-state index contributed by atoms with van der Waals surface area (Å²) in [5, 5.41) is 10.6. The van der Waals surface area contributed by atoms with Gasteiger partial charge in [-0.05, 0) is 26.0 Å². The van der Waals surface area contributed by atoms with E-state index < -0.39 is 38.4 Å². The molecule has 1 aliphatic heterocycles. The van der Waals surface area contributed by atoms with Crippen LogP contribution in [0.15, 0.2) is 22.1 Å². The minimum atomic E-state index is -4.21. The second-order valence-electron chi connectivity index (χ2n) is 4.44. The molecule has 0 spiro atoms. The number of hydrogen-bond donors (Lipinski definition) is 0. The number of carbonyl (C=O) groups is 2. The van der Waals surface area contributed by atoms with Gasteiger partial charge in [-0.2, -0.15) is 8.42 Å². The molecule has 124 valence electrons. The lowest BCUT2D eigenvalue weighted by molar-refractivity contribution is -0.402. The number of furan rings is 1. The van der Waals surface area contributed by atoms with Crippen molar-refractivity contribution in [3.63, 3.8) is 0 Å². The molecule has 23 heavy (non-hydrogen) atoms. The number of carbonyl (C=O) groups excluding carboxylic acids is 2. The average molecular weight is 343 g/mol. The summed E-state index contributed by atoms with van der Waals surface area (Å²) in [6, 6.07) is 2.28. The van der Waals surface area contributed by atoms with E-state index in [0.29, 0.717) is 8.61 Å². The van der Waals surface area contributed by atoms with Crippen molar-refractivity contribution in [2.45, 2.75) is 13.8 Å². The van der Waals surface area contributed by atoms with Gasteiger partial charge in [0.05, 0.1) is 6.07 Å². The number of nitrogens with zero attached hydrogens (tertiary/aromatic N) is 3. The lowest BCUT2D eigenvalue weighted by Gasteiger charge is -2.33. The molecule has 0 radical (unpaired) electrons. The molecule has 1 aliphatic rings. The molecule has 0 aliphatic carbocycles. The first-order valence-corrected chi connectivity index (χ1v) is 7.98. The van der Waals surface area contributed by atoms with E-state index in [9.17, 15) is 28.1 Å². The maximum atomic E-state index is 12.2. The Kier molecular flexibility index (Phi) is 4.23. The highest BCUT2D eigenvalue weighted by Crippen LogP contribution is 2.25. The SMILES string of the molecule is CCN1C(=O)C(=Cc2ccc([N+](=O)[O-])o2)C(=O)N(CC)S1(=O)=O. The molecule has 10 nitrogen and oxygen atoms in total. The second kappa shape index (κ2) is 5.83. The van der Waals surface area contributed by atoms with Gasteiger partial charge in [-0.15, -0.1) is 0 Å². The molecular weight excluding hydrogens is 330 g/mol. The lowest BCUT2D eigenvalue weighted by atomic mass is 10.2. The summed E-state index contributed by atoms with van der Waals surface area (Å²) < 4.78 is 30.3. The van der Waals surface area contributed by atoms with Crippen LogP contribution in [-0.2, 0) is 19.8 Å². The highest BCUT2D eigenvalue weighted by molar-refractivity contribution is 7.88. The van der Waals surface area contributed by atoms with Crippen molar-refractivity contribution in [2.24, 2.45) is 0 Å². The van der Waals surface area contributed by atoms with E-state index >= 15 is 0 Å². The molecule has 2 rings (SSSR count). The largest absolute Gasteiger partial charge is 0.433 e. The van der Waals surface area contributed by atoms with E-state index in [-0.39, 0.29) is 18.8 Å². The van der Waals surface area contributed by atoms with Gasteiger partial charge in [0, 0.05) is 13.1 Å². The topological polar surface area (TPSA) is 131 Å². The Labute approximate surface area is 131 Å². The van der Waals surface area contributed by atoms with Gasteiger partial charge in [0.25, 0.3) is 11.8 Å². The van der Waals surface area contributed by atoms with Crippen molar-refractivity contribution in [3.05, 3.63) is 33.6 Å². The zero-order valence-corrected chi connectivity index (χ0v) is 13.1. The third-order valence-corrected chi connectivity index (χ3v) is 5.09. The van der Waals surface area contributed by atoms with E-state index in [1.54, 1.807) is 0 Å². The van der Waals surface area contributed by atoms with E-state index in [0.717, 1.165) is 12.1 Å². The van der Waals surface area contributed by atoms with Crippen LogP contribution in [0.2, 0.25) is 0 Å². The van der Waals surface area contributed by atoms with Gasteiger partial charge in [-0.3, -0.25) is 19.7 Å². The van der Waals surface area contributed by atoms with E-state index in [4.69, 9.17) is 4.42 Å². The quantitative estimate of drug-likeness (QED) is 0.337. The van der Waals surface area contributed by atoms with Crippen LogP contribution >= 0.6 is 0 Å². The highest BCUT2D eigenvalue weighted by atomic mass is 32.2. The fraction of sp³-hybridized carbons (Fsp3) is 0.333. The Bertz CT molecular complexity index is 776. The molecule has 1 aromatic heterocycles. The fourth-order valence-corrected chi connectivity index (χ4v) is 3.59. The zero-order chi connectivity index (χ0) is 17.4. The van der Waals surface area contributed by atoms with Crippen molar-refractivity contribution in [1.29, 1.82) is 0 Å². The number of likely N-dealkylation sites (N-methyl/N-ethyl adjacent to an activating group) is 2. The highest BCUT2D eigenvalue weighted by Gasteiger charge is 2.45. The summed E-state index contributed by atoms with van der Waals surface area (Å²) in [4.78, 5) is 34.3. The summed E-state index contributed by atoms with van der Waals surface area (Å²) in [5.74, 6) is -2.65. The number of nitro groups is 1. The van der Waals surface area contributed by atoms with Gasteiger partial charge < -0.3 is 4.42 Å². The first-order valence-electron chi connectivity index (χ1n) is 6.59. The van der Waals surface area contributed by atoms with Crippen molar-refractivity contribution in [1.82, 2.24) is 8.61 Å². The molecule has 0 N–H and O–H groups in total. The van der Waals surface area contributed by atoms with Crippen LogP contribution in [0.1, 0.15) is 19.6 Å². The van der Waals surface area contributed by atoms with Gasteiger partial charge in [0.15, 0.2) is 0 Å². The first-order chi connectivity index (χ1) is 10.7. The average Bonchev–Trinajstić information content (AvgIpc) is 2.92. The van der Waals surface area contributed by atoms with Crippen LogP contribution in [0.5, 0.6) is 0 Å². The van der Waals surface area contributed by atoms with Gasteiger partial charge in [0.1, 0.15) is 16.3 Å². The molecule has 0 unspecified atom stereocenters. The Morgan fingerprint density at radius 3 is 2.09 bits per heavy atom. The monoisotopic (exact) mass is 343 g/mol. The number of amides is 2. The second-order valence-corrected chi connectivity index (χ2v) is 6.22. The summed E-state index contributed by atoms with van der Waals surface area (Å²) >= 11 is 0. The van der Waals surface area contributed by atoms with Crippen LogP contribution in [-0.4, -0.2) is 46.9 Å². The van der Waals surface area contributed by atoms with Crippen LogP contribution < -0.4 is 0 Å². The zero-order valence-electron chi connectivity index (χ0n) is 12.3.